The number of anilines is 1. The zero-order valence-corrected chi connectivity index (χ0v) is 31.0. The number of ether oxygens (including phenoxy) is 2. The second-order valence-corrected chi connectivity index (χ2v) is 15.0. The van der Waals surface area contributed by atoms with Gasteiger partial charge in [0.2, 0.25) is 11.8 Å². The molecule has 3 saturated heterocycles. The third kappa shape index (κ3) is 7.06. The third-order valence-electron chi connectivity index (χ3n) is 10.5. The molecule has 3 aliphatic heterocycles. The van der Waals surface area contributed by atoms with Crippen molar-refractivity contribution >= 4 is 56.1 Å². The van der Waals surface area contributed by atoms with Crippen LogP contribution in [0.3, 0.4) is 0 Å². The van der Waals surface area contributed by atoms with Gasteiger partial charge in [-0.15, -0.1) is 13.2 Å². The number of nitrogens with zero attached hydrogens (tertiary/aromatic N) is 2. The van der Waals surface area contributed by atoms with Gasteiger partial charge in [-0.05, 0) is 61.1 Å². The summed E-state index contributed by atoms with van der Waals surface area (Å²) < 4.78 is 13.0. The van der Waals surface area contributed by atoms with Gasteiger partial charge in [0.1, 0.15) is 17.7 Å². The highest BCUT2D eigenvalue weighted by Crippen LogP contribution is 2.60. The number of aliphatic hydroxyl groups is 1. The summed E-state index contributed by atoms with van der Waals surface area (Å²) >= 11 is 3.75. The Morgan fingerprint density at radius 1 is 1.08 bits per heavy atom. The smallest absolute Gasteiger partial charge is 0.313 e. The largest absolute Gasteiger partial charge is 0.455 e. The van der Waals surface area contributed by atoms with E-state index in [0.717, 1.165) is 10.8 Å². The number of amides is 3. The van der Waals surface area contributed by atoms with Gasteiger partial charge in [-0.3, -0.25) is 19.2 Å². The monoisotopic (exact) mass is 771 g/mol. The van der Waals surface area contributed by atoms with Gasteiger partial charge in [-0.2, -0.15) is 0 Å². The molecule has 3 aromatic carbocycles. The molecule has 52 heavy (non-hydrogen) atoms. The van der Waals surface area contributed by atoms with Crippen LogP contribution in [0.4, 0.5) is 5.69 Å². The molecular formula is C41H46BrN3O7. The lowest BCUT2D eigenvalue weighted by Crippen LogP contribution is -2.57. The topological polar surface area (TPSA) is 125 Å². The maximum atomic E-state index is 15.0. The molecular weight excluding hydrogens is 726 g/mol. The van der Waals surface area contributed by atoms with Crippen molar-refractivity contribution < 1.29 is 33.8 Å². The fourth-order valence-electron chi connectivity index (χ4n) is 8.20. The molecule has 3 amide bonds. The molecule has 8 atom stereocenters. The number of halogens is 1. The van der Waals surface area contributed by atoms with Gasteiger partial charge in [0.25, 0.3) is 5.91 Å². The van der Waals surface area contributed by atoms with E-state index in [1.165, 1.54) is 0 Å². The number of benzene rings is 3. The average molecular weight is 773 g/mol. The molecule has 3 fully saturated rings. The summed E-state index contributed by atoms with van der Waals surface area (Å²) in [5, 5.41) is 14.5. The lowest BCUT2D eigenvalue weighted by Gasteiger charge is -2.37. The van der Waals surface area contributed by atoms with E-state index < -0.39 is 47.7 Å². The fraction of sp³-hybridized carbons (Fsp3) is 0.415. The number of rotatable bonds is 16. The molecule has 3 aromatic rings. The lowest BCUT2D eigenvalue weighted by molar-refractivity contribution is -0.162. The van der Waals surface area contributed by atoms with Crippen molar-refractivity contribution in [2.75, 3.05) is 24.6 Å². The predicted molar refractivity (Wildman–Crippen MR) is 203 cm³/mol. The van der Waals surface area contributed by atoms with Crippen LogP contribution in [0.2, 0.25) is 0 Å². The molecule has 2 bridgehead atoms. The molecule has 0 saturated carbocycles. The molecule has 0 aromatic heterocycles. The Bertz CT molecular complexity index is 1820. The van der Waals surface area contributed by atoms with Gasteiger partial charge in [-0.25, -0.2) is 0 Å². The highest BCUT2D eigenvalue weighted by Gasteiger charge is 2.77. The van der Waals surface area contributed by atoms with Crippen molar-refractivity contribution in [3.8, 4) is 0 Å². The number of unbranched alkanes of at least 4 members (excludes halogenated alkanes) is 1. The standard InChI is InChI=1S/C41H46BrN3O7/c1-4-6-18-32(47)43-26(3)35(28-15-8-7-9-16-28)51-40(50)33-34-38(48)45(22-12-13-23-46)37(41(34)25-31(42)36(33)52-41)39(49)44(21-5-2)30-20-19-27-14-10-11-17-29(27)24-30/h4-5,7-11,14-17,19-20,24,26,31,33-37,46H,1-2,6,12-13,18,21-23,25H2,3H3,(H,43,47)/t26-,31?,33-,34+,35-,36-,37-,41+/m0/s1. The van der Waals surface area contributed by atoms with E-state index in [4.69, 9.17) is 9.47 Å². The molecule has 10 nitrogen and oxygen atoms in total. The van der Waals surface area contributed by atoms with Gasteiger partial charge < -0.3 is 29.7 Å². The van der Waals surface area contributed by atoms with Crippen LogP contribution in [0.25, 0.3) is 10.8 Å². The molecule has 3 aliphatic rings. The maximum Gasteiger partial charge on any atom is 0.313 e. The van der Waals surface area contributed by atoms with Crippen LogP contribution in [0.15, 0.2) is 98.1 Å². The molecule has 0 aliphatic carbocycles. The molecule has 2 N–H and O–H groups in total. The van der Waals surface area contributed by atoms with Crippen molar-refractivity contribution in [2.45, 2.75) is 73.7 Å². The number of esters is 1. The zero-order chi connectivity index (χ0) is 37.0. The first-order chi connectivity index (χ1) is 25.1. The van der Waals surface area contributed by atoms with Gasteiger partial charge in [0.05, 0.1) is 24.0 Å². The van der Waals surface area contributed by atoms with Crippen molar-refractivity contribution in [1.29, 1.82) is 0 Å². The minimum atomic E-state index is -1.31. The zero-order valence-electron chi connectivity index (χ0n) is 29.4. The highest BCUT2D eigenvalue weighted by atomic mass is 79.9. The summed E-state index contributed by atoms with van der Waals surface area (Å²) in [6, 6.07) is 21.2. The van der Waals surface area contributed by atoms with Crippen LogP contribution in [-0.2, 0) is 28.7 Å². The summed E-state index contributed by atoms with van der Waals surface area (Å²) in [4.78, 5) is 59.6. The van der Waals surface area contributed by atoms with Crippen LogP contribution in [0.5, 0.6) is 0 Å². The molecule has 1 spiro atoms. The van der Waals surface area contributed by atoms with Gasteiger partial charge in [-0.1, -0.05) is 88.7 Å². The maximum absolute atomic E-state index is 15.0. The average Bonchev–Trinajstić information content (AvgIpc) is 3.74. The van der Waals surface area contributed by atoms with Gasteiger partial charge in [0.15, 0.2) is 0 Å². The molecule has 274 valence electrons. The van der Waals surface area contributed by atoms with Crippen LogP contribution < -0.4 is 10.2 Å². The Labute approximate surface area is 313 Å². The number of hydrogen-bond acceptors (Lipinski definition) is 7. The van der Waals surface area contributed by atoms with E-state index in [-0.39, 0.29) is 48.7 Å². The number of hydrogen-bond donors (Lipinski definition) is 2. The van der Waals surface area contributed by atoms with Crippen molar-refractivity contribution in [3.63, 3.8) is 0 Å². The molecule has 0 radical (unpaired) electrons. The lowest BCUT2D eigenvalue weighted by atomic mass is 9.70. The number of fused-ring (bicyclic) bond motifs is 2. The van der Waals surface area contributed by atoms with E-state index in [0.29, 0.717) is 36.9 Å². The molecule has 6 rings (SSSR count). The van der Waals surface area contributed by atoms with E-state index in [2.05, 4.69) is 34.4 Å². The van der Waals surface area contributed by atoms with Crippen LogP contribution in [0, 0.1) is 11.8 Å². The first-order valence-electron chi connectivity index (χ1n) is 17.9. The summed E-state index contributed by atoms with van der Waals surface area (Å²) in [7, 11) is 0. The normalized spacial score (nSPS) is 25.7. The quantitative estimate of drug-likeness (QED) is 0.0837. The van der Waals surface area contributed by atoms with E-state index in [1.54, 1.807) is 28.9 Å². The Balaban J connectivity index is 1.35. The van der Waals surface area contributed by atoms with E-state index in [1.807, 2.05) is 72.8 Å². The molecule has 3 heterocycles. The fourth-order valence-corrected chi connectivity index (χ4v) is 9.14. The Kier molecular flexibility index (Phi) is 11.6. The van der Waals surface area contributed by atoms with Gasteiger partial charge >= 0.3 is 5.97 Å². The summed E-state index contributed by atoms with van der Waals surface area (Å²) in [5.41, 5.74) is 0.0345. The number of aliphatic hydroxyl groups excluding tert-OH is 1. The van der Waals surface area contributed by atoms with E-state index in [9.17, 15) is 24.3 Å². The minimum absolute atomic E-state index is 0.0604. The third-order valence-corrected chi connectivity index (χ3v) is 11.4. The van der Waals surface area contributed by atoms with Crippen molar-refractivity contribution in [2.24, 2.45) is 11.8 Å². The molecule has 1 unspecified atom stereocenters. The highest BCUT2D eigenvalue weighted by molar-refractivity contribution is 9.09. The minimum Gasteiger partial charge on any atom is -0.455 e. The summed E-state index contributed by atoms with van der Waals surface area (Å²) in [6.07, 6.45) is 3.73. The SMILES string of the molecule is C=CCCC(=O)N[C@@H](C)[C@H](OC(=O)[C@@H]1[C@H]2O[C@@]3(CC2Br)[C@H](C(=O)N(CC=C)c2ccc4ccccc4c2)N(CCCCO)C(=O)[C@@H]13)c1ccccc1. The van der Waals surface area contributed by atoms with Crippen molar-refractivity contribution in [3.05, 3.63) is 104 Å². The first-order valence-corrected chi connectivity index (χ1v) is 18.9. The van der Waals surface area contributed by atoms with E-state index >= 15 is 0 Å². The van der Waals surface area contributed by atoms with Crippen LogP contribution in [-0.4, -0.2) is 82.0 Å². The number of allylic oxidation sites excluding steroid dienone is 1. The van der Waals surface area contributed by atoms with Crippen molar-refractivity contribution in [1.82, 2.24) is 10.2 Å². The summed E-state index contributed by atoms with van der Waals surface area (Å²) in [5.74, 6) is -3.49. The second-order valence-electron chi connectivity index (χ2n) is 13.8. The number of nitrogens with one attached hydrogen (secondary N) is 1. The van der Waals surface area contributed by atoms with Crippen LogP contribution >= 0.6 is 15.9 Å². The molecule has 11 heteroatoms. The number of carbonyl (C=O) groups excluding carboxylic acids is 4. The Hall–Kier alpha value is -4.32. The van der Waals surface area contributed by atoms with Gasteiger partial charge in [0, 0.05) is 36.6 Å². The number of alkyl halides is 1. The number of carbonyl (C=O) groups is 4. The number of likely N-dealkylation sites (tertiary alicyclic amines) is 1. The Morgan fingerprint density at radius 2 is 1.81 bits per heavy atom. The second kappa shape index (κ2) is 16.1. The van der Waals surface area contributed by atoms with Crippen LogP contribution in [0.1, 0.15) is 50.7 Å². The first kappa shape index (κ1) is 37.4. The summed E-state index contributed by atoms with van der Waals surface area (Å²) in [6.45, 7) is 9.72. The predicted octanol–water partition coefficient (Wildman–Crippen LogP) is 5.63. The Morgan fingerprint density at radius 3 is 2.52 bits per heavy atom.